The summed E-state index contributed by atoms with van der Waals surface area (Å²) >= 11 is 0. The maximum Gasteiger partial charge on any atom is 0.227 e. The first-order valence-corrected chi connectivity index (χ1v) is 7.67. The van der Waals surface area contributed by atoms with Gasteiger partial charge in [-0.15, -0.1) is 0 Å². The molecule has 0 radical (unpaired) electrons. The van der Waals surface area contributed by atoms with Crippen LogP contribution in [0.3, 0.4) is 0 Å². The summed E-state index contributed by atoms with van der Waals surface area (Å²) in [6, 6.07) is 5.80. The fraction of sp³-hybridized carbons (Fsp3) is 0.412. The second-order valence-corrected chi connectivity index (χ2v) is 5.80. The van der Waals surface area contributed by atoms with Gasteiger partial charge in [0.15, 0.2) is 0 Å². The predicted octanol–water partition coefficient (Wildman–Crippen LogP) is 2.79. The molecule has 0 spiro atoms. The number of aryl methyl sites for hydroxylation is 2. The standard InChI is InChI=1S/C17H21N3O2/c1-11-13(12(2)22-19-11)8-9-17(21)20-10-4-5-14-15(18)6-3-7-16(14)20/h3,6-7H,4-5,8-10,18H2,1-2H3. The molecule has 5 nitrogen and oxygen atoms in total. The average Bonchev–Trinajstić information content (AvgIpc) is 2.83. The highest BCUT2D eigenvalue weighted by molar-refractivity contribution is 5.95. The Morgan fingerprint density at radius 2 is 2.23 bits per heavy atom. The van der Waals surface area contributed by atoms with E-state index < -0.39 is 0 Å². The number of fused-ring (bicyclic) bond motifs is 1. The number of anilines is 2. The molecule has 3 rings (SSSR count). The predicted molar refractivity (Wildman–Crippen MR) is 85.8 cm³/mol. The van der Waals surface area contributed by atoms with E-state index in [1.54, 1.807) is 0 Å². The molecule has 1 aromatic carbocycles. The Hall–Kier alpha value is -2.30. The van der Waals surface area contributed by atoms with Gasteiger partial charge >= 0.3 is 0 Å². The highest BCUT2D eigenvalue weighted by atomic mass is 16.5. The van der Waals surface area contributed by atoms with E-state index in [1.165, 1.54) is 0 Å². The van der Waals surface area contributed by atoms with Crippen molar-refractivity contribution >= 4 is 17.3 Å². The summed E-state index contributed by atoms with van der Waals surface area (Å²) in [7, 11) is 0. The summed E-state index contributed by atoms with van der Waals surface area (Å²) in [4.78, 5) is 14.5. The molecule has 5 heteroatoms. The second-order valence-electron chi connectivity index (χ2n) is 5.80. The van der Waals surface area contributed by atoms with E-state index in [4.69, 9.17) is 10.3 Å². The smallest absolute Gasteiger partial charge is 0.227 e. The van der Waals surface area contributed by atoms with Crippen molar-refractivity contribution < 1.29 is 9.32 Å². The SMILES string of the molecule is Cc1noc(C)c1CCC(=O)N1CCCc2c(N)cccc21. The zero-order chi connectivity index (χ0) is 15.7. The van der Waals surface area contributed by atoms with Crippen molar-refractivity contribution in [3.05, 3.63) is 40.8 Å². The molecular weight excluding hydrogens is 278 g/mol. The fourth-order valence-corrected chi connectivity index (χ4v) is 3.14. The first-order chi connectivity index (χ1) is 10.6. The minimum atomic E-state index is 0.131. The van der Waals surface area contributed by atoms with Crippen LogP contribution in [0.2, 0.25) is 0 Å². The maximum absolute atomic E-state index is 12.6. The summed E-state index contributed by atoms with van der Waals surface area (Å²) in [5.74, 6) is 0.931. The molecule has 0 saturated heterocycles. The van der Waals surface area contributed by atoms with E-state index in [9.17, 15) is 4.79 Å². The van der Waals surface area contributed by atoms with E-state index in [-0.39, 0.29) is 5.91 Å². The molecule has 2 aromatic rings. The zero-order valence-corrected chi connectivity index (χ0v) is 13.1. The van der Waals surface area contributed by atoms with E-state index >= 15 is 0 Å². The number of amides is 1. The third-order valence-electron chi connectivity index (χ3n) is 4.36. The van der Waals surface area contributed by atoms with Crippen molar-refractivity contribution in [1.82, 2.24) is 5.16 Å². The Morgan fingerprint density at radius 3 is 2.95 bits per heavy atom. The van der Waals surface area contributed by atoms with Crippen molar-refractivity contribution in [2.75, 3.05) is 17.2 Å². The van der Waals surface area contributed by atoms with Crippen LogP contribution in [0.4, 0.5) is 11.4 Å². The van der Waals surface area contributed by atoms with Gasteiger partial charge in [0.05, 0.1) is 5.69 Å². The van der Waals surface area contributed by atoms with E-state index in [0.29, 0.717) is 12.8 Å². The second kappa shape index (κ2) is 5.83. The number of hydrogen-bond acceptors (Lipinski definition) is 4. The number of nitrogens with two attached hydrogens (primary N) is 1. The van der Waals surface area contributed by atoms with Gasteiger partial charge in [-0.3, -0.25) is 4.79 Å². The van der Waals surface area contributed by atoms with Crippen LogP contribution in [0, 0.1) is 13.8 Å². The third kappa shape index (κ3) is 2.58. The largest absolute Gasteiger partial charge is 0.398 e. The van der Waals surface area contributed by atoms with Crippen LogP contribution in [0.25, 0.3) is 0 Å². The highest BCUT2D eigenvalue weighted by Crippen LogP contribution is 2.31. The van der Waals surface area contributed by atoms with Gasteiger partial charge in [0.25, 0.3) is 0 Å². The number of carbonyl (C=O) groups excluding carboxylic acids is 1. The van der Waals surface area contributed by atoms with Gasteiger partial charge in [0.2, 0.25) is 5.91 Å². The quantitative estimate of drug-likeness (QED) is 0.885. The molecule has 1 aliphatic rings. The summed E-state index contributed by atoms with van der Waals surface area (Å²) in [6.07, 6.45) is 3.01. The first-order valence-electron chi connectivity index (χ1n) is 7.67. The van der Waals surface area contributed by atoms with Gasteiger partial charge < -0.3 is 15.2 Å². The minimum Gasteiger partial charge on any atom is -0.398 e. The normalized spacial score (nSPS) is 14.0. The van der Waals surface area contributed by atoms with Gasteiger partial charge in [0.1, 0.15) is 5.76 Å². The topological polar surface area (TPSA) is 72.4 Å². The summed E-state index contributed by atoms with van der Waals surface area (Å²) in [6.45, 7) is 4.56. The molecule has 0 fully saturated rings. The van der Waals surface area contributed by atoms with Crippen molar-refractivity contribution in [3.8, 4) is 0 Å². The Bertz CT molecular complexity index is 686. The first kappa shape index (κ1) is 14.6. The van der Waals surface area contributed by atoms with Gasteiger partial charge in [-0.05, 0) is 50.8 Å². The summed E-state index contributed by atoms with van der Waals surface area (Å²) in [5.41, 5.74) is 10.8. The molecule has 0 atom stereocenters. The van der Waals surface area contributed by atoms with Crippen LogP contribution in [-0.2, 0) is 17.6 Å². The molecule has 0 saturated carbocycles. The lowest BCUT2D eigenvalue weighted by atomic mass is 9.99. The molecule has 1 aliphatic heterocycles. The Kier molecular flexibility index (Phi) is 3.88. The number of nitrogen functional groups attached to an aromatic ring is 1. The van der Waals surface area contributed by atoms with Gasteiger partial charge in [-0.25, -0.2) is 0 Å². The van der Waals surface area contributed by atoms with Crippen LogP contribution in [-0.4, -0.2) is 17.6 Å². The number of benzene rings is 1. The minimum absolute atomic E-state index is 0.131. The molecule has 0 unspecified atom stereocenters. The van der Waals surface area contributed by atoms with Crippen LogP contribution < -0.4 is 10.6 Å². The molecular formula is C17H21N3O2. The third-order valence-corrected chi connectivity index (χ3v) is 4.36. The van der Waals surface area contributed by atoms with Crippen molar-refractivity contribution in [1.29, 1.82) is 0 Å². The van der Waals surface area contributed by atoms with Crippen molar-refractivity contribution in [2.24, 2.45) is 0 Å². The monoisotopic (exact) mass is 299 g/mol. The number of hydrogen-bond donors (Lipinski definition) is 1. The molecule has 2 heterocycles. The maximum atomic E-state index is 12.6. The van der Waals surface area contributed by atoms with Crippen LogP contribution in [0.5, 0.6) is 0 Å². The number of carbonyl (C=O) groups is 1. The zero-order valence-electron chi connectivity index (χ0n) is 13.1. The van der Waals surface area contributed by atoms with E-state index in [0.717, 1.165) is 53.3 Å². The number of rotatable bonds is 3. The van der Waals surface area contributed by atoms with Crippen molar-refractivity contribution in [3.63, 3.8) is 0 Å². The van der Waals surface area contributed by atoms with Crippen LogP contribution in [0.15, 0.2) is 22.7 Å². The molecule has 22 heavy (non-hydrogen) atoms. The van der Waals surface area contributed by atoms with Crippen LogP contribution in [0.1, 0.15) is 35.4 Å². The van der Waals surface area contributed by atoms with Crippen LogP contribution >= 0.6 is 0 Å². The van der Waals surface area contributed by atoms with E-state index in [2.05, 4.69) is 5.16 Å². The molecule has 0 bridgehead atoms. The lowest BCUT2D eigenvalue weighted by Crippen LogP contribution is -2.35. The Balaban J connectivity index is 1.76. The molecule has 0 aliphatic carbocycles. The number of aromatic nitrogens is 1. The average molecular weight is 299 g/mol. The number of nitrogens with zero attached hydrogens (tertiary/aromatic N) is 2. The van der Waals surface area contributed by atoms with E-state index in [1.807, 2.05) is 36.9 Å². The Morgan fingerprint density at radius 1 is 1.41 bits per heavy atom. The molecule has 2 N–H and O–H groups in total. The van der Waals surface area contributed by atoms with Crippen molar-refractivity contribution in [2.45, 2.75) is 39.5 Å². The molecule has 1 aromatic heterocycles. The summed E-state index contributed by atoms with van der Waals surface area (Å²) in [5, 5.41) is 3.94. The molecule has 1 amide bonds. The summed E-state index contributed by atoms with van der Waals surface area (Å²) < 4.78 is 5.15. The Labute approximate surface area is 130 Å². The lowest BCUT2D eigenvalue weighted by Gasteiger charge is -2.30. The lowest BCUT2D eigenvalue weighted by molar-refractivity contribution is -0.118. The van der Waals surface area contributed by atoms with Gasteiger partial charge in [-0.2, -0.15) is 0 Å². The van der Waals surface area contributed by atoms with Gasteiger partial charge in [0, 0.05) is 29.9 Å². The molecule has 116 valence electrons. The fourth-order valence-electron chi connectivity index (χ4n) is 3.14. The highest BCUT2D eigenvalue weighted by Gasteiger charge is 2.24. The van der Waals surface area contributed by atoms with Gasteiger partial charge in [-0.1, -0.05) is 11.2 Å².